The smallest absolute Gasteiger partial charge is 0.253 e. The topological polar surface area (TPSA) is 40.5 Å². The highest BCUT2D eigenvalue weighted by Crippen LogP contribution is 2.40. The van der Waals surface area contributed by atoms with Gasteiger partial charge in [-0.05, 0) is 37.5 Å². The molecule has 2 aliphatic rings. The van der Waals surface area contributed by atoms with Gasteiger partial charge >= 0.3 is 0 Å². The highest BCUT2D eigenvalue weighted by Gasteiger charge is 2.43. The second-order valence-corrected chi connectivity index (χ2v) is 6.06. The lowest BCUT2D eigenvalue weighted by atomic mass is 9.71. The Kier molecular flexibility index (Phi) is 3.50. The van der Waals surface area contributed by atoms with Crippen molar-refractivity contribution in [2.24, 2.45) is 5.92 Å². The highest BCUT2D eigenvalue weighted by molar-refractivity contribution is 5.94. The van der Waals surface area contributed by atoms with Gasteiger partial charge in [-0.15, -0.1) is 0 Å². The Morgan fingerprint density at radius 1 is 1.35 bits per heavy atom. The second-order valence-electron chi connectivity index (χ2n) is 6.06. The SMILES string of the molecule is O=C(c1cccc(F)c1)N1CCC2(O)CCCCC2C1. The molecule has 3 rings (SSSR count). The number of piperidine rings is 1. The molecular formula is C16H20FNO2. The van der Waals surface area contributed by atoms with Crippen LogP contribution in [0.3, 0.4) is 0 Å². The maximum absolute atomic E-state index is 13.2. The molecule has 1 aliphatic carbocycles. The average molecular weight is 277 g/mol. The minimum absolute atomic E-state index is 0.128. The predicted octanol–water partition coefficient (Wildman–Crippen LogP) is 2.59. The first-order valence-electron chi connectivity index (χ1n) is 7.36. The predicted molar refractivity (Wildman–Crippen MR) is 73.8 cm³/mol. The molecule has 2 fully saturated rings. The van der Waals surface area contributed by atoms with Gasteiger partial charge in [-0.25, -0.2) is 4.39 Å². The molecule has 0 bridgehead atoms. The fourth-order valence-electron chi connectivity index (χ4n) is 3.56. The molecule has 0 aromatic heterocycles. The quantitative estimate of drug-likeness (QED) is 0.857. The van der Waals surface area contributed by atoms with Crippen LogP contribution in [-0.2, 0) is 0 Å². The summed E-state index contributed by atoms with van der Waals surface area (Å²) in [5.41, 5.74) is -0.192. The summed E-state index contributed by atoms with van der Waals surface area (Å²) in [6, 6.07) is 5.83. The summed E-state index contributed by atoms with van der Waals surface area (Å²) in [4.78, 5) is 14.2. The van der Waals surface area contributed by atoms with Crippen molar-refractivity contribution < 1.29 is 14.3 Å². The Labute approximate surface area is 118 Å². The molecule has 1 aliphatic heterocycles. The summed E-state index contributed by atoms with van der Waals surface area (Å²) in [5, 5.41) is 10.6. The maximum atomic E-state index is 13.2. The minimum Gasteiger partial charge on any atom is -0.389 e. The molecule has 1 aromatic carbocycles. The Bertz CT molecular complexity index is 519. The number of hydrogen-bond acceptors (Lipinski definition) is 2. The maximum Gasteiger partial charge on any atom is 0.253 e. The van der Waals surface area contributed by atoms with Gasteiger partial charge in [-0.3, -0.25) is 4.79 Å². The van der Waals surface area contributed by atoms with E-state index in [0.717, 1.165) is 25.7 Å². The van der Waals surface area contributed by atoms with Crippen LogP contribution in [0.2, 0.25) is 0 Å². The molecule has 2 atom stereocenters. The zero-order valence-electron chi connectivity index (χ0n) is 11.5. The molecule has 1 heterocycles. The zero-order valence-corrected chi connectivity index (χ0v) is 11.5. The van der Waals surface area contributed by atoms with Gasteiger partial charge in [0.2, 0.25) is 0 Å². The third kappa shape index (κ3) is 2.44. The van der Waals surface area contributed by atoms with Crippen molar-refractivity contribution in [2.45, 2.75) is 37.7 Å². The van der Waals surface area contributed by atoms with Gasteiger partial charge < -0.3 is 10.0 Å². The molecule has 1 aromatic rings. The van der Waals surface area contributed by atoms with Gasteiger partial charge in [0.1, 0.15) is 5.82 Å². The standard InChI is InChI=1S/C16H20FNO2/c17-14-6-3-4-12(10-14)15(19)18-9-8-16(20)7-2-1-5-13(16)11-18/h3-4,6,10,13,20H,1-2,5,7-9,11H2. The second kappa shape index (κ2) is 5.17. The van der Waals surface area contributed by atoms with E-state index in [-0.39, 0.29) is 17.6 Å². The van der Waals surface area contributed by atoms with E-state index >= 15 is 0 Å². The number of carbonyl (C=O) groups is 1. The van der Waals surface area contributed by atoms with E-state index in [1.165, 1.54) is 12.1 Å². The van der Waals surface area contributed by atoms with Crippen LogP contribution in [0.1, 0.15) is 42.5 Å². The van der Waals surface area contributed by atoms with Gasteiger partial charge in [-0.2, -0.15) is 0 Å². The summed E-state index contributed by atoms with van der Waals surface area (Å²) in [6.07, 6.45) is 4.65. The van der Waals surface area contributed by atoms with Gasteiger partial charge in [0.05, 0.1) is 5.60 Å². The first kappa shape index (κ1) is 13.6. The molecule has 0 spiro atoms. The van der Waals surface area contributed by atoms with Crippen molar-refractivity contribution in [2.75, 3.05) is 13.1 Å². The van der Waals surface area contributed by atoms with Crippen molar-refractivity contribution in [1.29, 1.82) is 0 Å². The molecule has 108 valence electrons. The first-order chi connectivity index (χ1) is 9.58. The zero-order chi connectivity index (χ0) is 14.2. The van der Waals surface area contributed by atoms with E-state index in [4.69, 9.17) is 0 Å². The average Bonchev–Trinajstić information content (AvgIpc) is 2.45. The van der Waals surface area contributed by atoms with E-state index in [1.54, 1.807) is 17.0 Å². The molecule has 2 unspecified atom stereocenters. The fraction of sp³-hybridized carbons (Fsp3) is 0.562. The Morgan fingerprint density at radius 2 is 2.20 bits per heavy atom. The van der Waals surface area contributed by atoms with E-state index in [1.807, 2.05) is 0 Å². The van der Waals surface area contributed by atoms with Crippen molar-refractivity contribution in [3.8, 4) is 0 Å². The summed E-state index contributed by atoms with van der Waals surface area (Å²) in [7, 11) is 0. The Hall–Kier alpha value is -1.42. The van der Waals surface area contributed by atoms with Crippen LogP contribution in [0.4, 0.5) is 4.39 Å². The lowest BCUT2D eigenvalue weighted by molar-refractivity contribution is -0.0886. The number of nitrogens with zero attached hydrogens (tertiary/aromatic N) is 1. The number of carbonyl (C=O) groups excluding carboxylic acids is 1. The first-order valence-corrected chi connectivity index (χ1v) is 7.36. The normalized spacial score (nSPS) is 29.9. The van der Waals surface area contributed by atoms with Crippen molar-refractivity contribution >= 4 is 5.91 Å². The summed E-state index contributed by atoms with van der Waals surface area (Å²) < 4.78 is 13.2. The van der Waals surface area contributed by atoms with Crippen LogP contribution in [-0.4, -0.2) is 34.6 Å². The van der Waals surface area contributed by atoms with E-state index in [0.29, 0.717) is 25.1 Å². The monoisotopic (exact) mass is 277 g/mol. The molecule has 1 saturated heterocycles. The molecule has 1 amide bonds. The summed E-state index contributed by atoms with van der Waals surface area (Å²) in [5.74, 6) is -0.346. The van der Waals surface area contributed by atoms with Crippen LogP contribution in [0.15, 0.2) is 24.3 Å². The molecule has 1 saturated carbocycles. The largest absolute Gasteiger partial charge is 0.389 e. The fourth-order valence-corrected chi connectivity index (χ4v) is 3.56. The third-order valence-electron chi connectivity index (χ3n) is 4.79. The van der Waals surface area contributed by atoms with Gasteiger partial charge in [0.25, 0.3) is 5.91 Å². The number of halogens is 1. The molecule has 1 N–H and O–H groups in total. The number of fused-ring (bicyclic) bond motifs is 1. The number of benzene rings is 1. The molecule has 4 heteroatoms. The molecule has 0 radical (unpaired) electrons. The Morgan fingerprint density at radius 3 is 3.00 bits per heavy atom. The summed E-state index contributed by atoms with van der Waals surface area (Å²) >= 11 is 0. The number of aliphatic hydroxyl groups is 1. The van der Waals surface area contributed by atoms with Crippen LogP contribution in [0, 0.1) is 11.7 Å². The number of likely N-dealkylation sites (tertiary alicyclic amines) is 1. The van der Waals surface area contributed by atoms with Crippen molar-refractivity contribution in [3.05, 3.63) is 35.6 Å². The Balaban J connectivity index is 1.74. The minimum atomic E-state index is -0.586. The van der Waals surface area contributed by atoms with Crippen LogP contribution < -0.4 is 0 Å². The van der Waals surface area contributed by atoms with Gasteiger partial charge in [0.15, 0.2) is 0 Å². The van der Waals surface area contributed by atoms with E-state index < -0.39 is 5.60 Å². The van der Waals surface area contributed by atoms with Crippen molar-refractivity contribution in [3.63, 3.8) is 0 Å². The van der Waals surface area contributed by atoms with Crippen LogP contribution >= 0.6 is 0 Å². The van der Waals surface area contributed by atoms with Gasteiger partial charge in [-0.1, -0.05) is 18.9 Å². The van der Waals surface area contributed by atoms with Crippen LogP contribution in [0.5, 0.6) is 0 Å². The van der Waals surface area contributed by atoms with E-state index in [9.17, 15) is 14.3 Å². The lowest BCUT2D eigenvalue weighted by Gasteiger charge is -2.47. The lowest BCUT2D eigenvalue weighted by Crippen LogP contribution is -2.54. The van der Waals surface area contributed by atoms with Crippen molar-refractivity contribution in [1.82, 2.24) is 4.90 Å². The van der Waals surface area contributed by atoms with E-state index in [2.05, 4.69) is 0 Å². The third-order valence-corrected chi connectivity index (χ3v) is 4.79. The summed E-state index contributed by atoms with van der Waals surface area (Å²) in [6.45, 7) is 1.15. The van der Waals surface area contributed by atoms with Crippen LogP contribution in [0.25, 0.3) is 0 Å². The molecule has 20 heavy (non-hydrogen) atoms. The highest BCUT2D eigenvalue weighted by atomic mass is 19.1. The van der Waals surface area contributed by atoms with Gasteiger partial charge in [0, 0.05) is 24.6 Å². The molecule has 3 nitrogen and oxygen atoms in total. The number of amides is 1. The molecular weight excluding hydrogens is 257 g/mol. The number of rotatable bonds is 1. The number of hydrogen-bond donors (Lipinski definition) is 1.